The maximum atomic E-state index is 2.48. The molecule has 0 radical (unpaired) electrons. The minimum absolute atomic E-state index is 0.0705. The second kappa shape index (κ2) is 14.4. The molecule has 0 heterocycles. The Morgan fingerprint density at radius 2 is 0.800 bits per heavy atom. The van der Waals surface area contributed by atoms with Gasteiger partial charge < -0.3 is 4.90 Å². The normalized spacial score (nSPS) is 12.6. The van der Waals surface area contributed by atoms with Gasteiger partial charge in [-0.25, -0.2) is 0 Å². The van der Waals surface area contributed by atoms with E-state index in [0.717, 1.165) is 17.1 Å². The van der Waals surface area contributed by atoms with E-state index in [4.69, 9.17) is 0 Å². The average molecular weight is 766 g/mol. The van der Waals surface area contributed by atoms with Gasteiger partial charge in [0.1, 0.15) is 0 Å². The minimum Gasteiger partial charge on any atom is -0.309 e. The molecule has 0 saturated heterocycles. The molecule has 11 rings (SSSR count). The third-order valence-corrected chi connectivity index (χ3v) is 12.7. The highest BCUT2D eigenvalue weighted by Gasteiger charge is 2.35. The summed E-state index contributed by atoms with van der Waals surface area (Å²) in [6.07, 6.45) is 0. The van der Waals surface area contributed by atoms with E-state index in [0.29, 0.717) is 0 Å². The number of rotatable bonds is 7. The molecule has 0 fully saturated rings. The van der Waals surface area contributed by atoms with Gasteiger partial charge in [-0.15, -0.1) is 0 Å². The van der Waals surface area contributed by atoms with Crippen LogP contribution in [0.2, 0.25) is 0 Å². The van der Waals surface area contributed by atoms with Crippen LogP contribution < -0.4 is 4.90 Å². The highest BCUT2D eigenvalue weighted by atomic mass is 15.1. The van der Waals surface area contributed by atoms with E-state index in [1.165, 1.54) is 88.3 Å². The molecule has 1 aliphatic carbocycles. The van der Waals surface area contributed by atoms with Crippen molar-refractivity contribution in [2.45, 2.75) is 19.3 Å². The van der Waals surface area contributed by atoms with E-state index in [1.807, 2.05) is 0 Å². The Bertz CT molecular complexity index is 3210. The van der Waals surface area contributed by atoms with E-state index in [2.05, 4.69) is 243 Å². The van der Waals surface area contributed by atoms with Crippen LogP contribution in [0, 0.1) is 0 Å². The van der Waals surface area contributed by atoms with Crippen LogP contribution in [0.4, 0.5) is 17.1 Å². The summed E-state index contributed by atoms with van der Waals surface area (Å²) >= 11 is 0. The second-order valence-corrected chi connectivity index (χ2v) is 16.4. The van der Waals surface area contributed by atoms with Crippen LogP contribution >= 0.6 is 0 Å². The van der Waals surface area contributed by atoms with E-state index < -0.39 is 0 Å². The van der Waals surface area contributed by atoms with Gasteiger partial charge in [-0.3, -0.25) is 0 Å². The Morgan fingerprint density at radius 1 is 0.317 bits per heavy atom. The standard InChI is InChI=1S/C59H43N/c1-59(2)54-30-11-9-24-51(54)53-39-45(37-38-55(53)59)60(56-31-12-10-23-47(56)40-17-5-3-6-18-40)57-32-16-28-50-46(25-15-29-52(50)57)42-33-35-43(36-34-42)49-27-14-22-44-21-13-26-48(58(44)49)41-19-7-4-8-20-41/h3-39H,1-2H3. The van der Waals surface area contributed by atoms with Crippen LogP contribution in [0.1, 0.15) is 25.0 Å². The Labute approximate surface area is 352 Å². The van der Waals surface area contributed by atoms with Crippen molar-refractivity contribution < 1.29 is 0 Å². The number of benzene rings is 10. The van der Waals surface area contributed by atoms with Gasteiger partial charge in [0.05, 0.1) is 11.4 Å². The van der Waals surface area contributed by atoms with Gasteiger partial charge in [0.25, 0.3) is 0 Å². The Balaban J connectivity index is 1.06. The summed E-state index contributed by atoms with van der Waals surface area (Å²) in [6.45, 7) is 4.70. The third-order valence-electron chi connectivity index (χ3n) is 12.7. The number of fused-ring (bicyclic) bond motifs is 5. The van der Waals surface area contributed by atoms with Crippen LogP contribution in [0.15, 0.2) is 224 Å². The van der Waals surface area contributed by atoms with Crippen LogP contribution in [0.3, 0.4) is 0 Å². The molecule has 0 amide bonds. The molecule has 0 atom stereocenters. The highest BCUT2D eigenvalue weighted by molar-refractivity contribution is 6.08. The first-order chi connectivity index (χ1) is 29.5. The zero-order valence-electron chi connectivity index (χ0n) is 33.8. The average Bonchev–Trinajstić information content (AvgIpc) is 3.54. The molecule has 0 aromatic heterocycles. The summed E-state index contributed by atoms with van der Waals surface area (Å²) in [6, 6.07) is 82.4. The molecule has 0 spiro atoms. The lowest BCUT2D eigenvalue weighted by molar-refractivity contribution is 0.660. The molecule has 60 heavy (non-hydrogen) atoms. The third kappa shape index (κ3) is 5.85. The van der Waals surface area contributed by atoms with Crippen molar-refractivity contribution in [3.63, 3.8) is 0 Å². The van der Waals surface area contributed by atoms with Crippen LogP contribution in [-0.4, -0.2) is 0 Å². The SMILES string of the molecule is CC1(C)c2ccccc2-c2cc(N(c3ccccc3-c3ccccc3)c3cccc4c(-c5ccc(-c6cccc7cccc(-c8ccccc8)c67)cc5)cccc34)ccc21. The quantitative estimate of drug-likeness (QED) is 0.156. The van der Waals surface area contributed by atoms with Gasteiger partial charge in [0, 0.05) is 22.1 Å². The van der Waals surface area contributed by atoms with Gasteiger partial charge in [-0.05, 0) is 102 Å². The fourth-order valence-corrected chi connectivity index (χ4v) is 9.79. The summed E-state index contributed by atoms with van der Waals surface area (Å²) in [4.78, 5) is 2.48. The number of nitrogens with zero attached hydrogens (tertiary/aromatic N) is 1. The van der Waals surface area contributed by atoms with Crippen molar-refractivity contribution in [2.75, 3.05) is 4.90 Å². The van der Waals surface area contributed by atoms with E-state index in [9.17, 15) is 0 Å². The Morgan fingerprint density at radius 3 is 1.52 bits per heavy atom. The lowest BCUT2D eigenvalue weighted by Crippen LogP contribution is -2.15. The molecule has 10 aromatic carbocycles. The number of anilines is 3. The first-order valence-electron chi connectivity index (χ1n) is 20.9. The first kappa shape index (κ1) is 35.7. The fourth-order valence-electron chi connectivity index (χ4n) is 9.79. The molecule has 0 saturated carbocycles. The topological polar surface area (TPSA) is 3.24 Å². The summed E-state index contributed by atoms with van der Waals surface area (Å²) in [5.74, 6) is 0. The Hall–Kier alpha value is -7.48. The maximum absolute atomic E-state index is 2.48. The van der Waals surface area contributed by atoms with Crippen molar-refractivity contribution in [2.24, 2.45) is 0 Å². The van der Waals surface area contributed by atoms with E-state index in [-0.39, 0.29) is 5.41 Å². The van der Waals surface area contributed by atoms with Crippen LogP contribution in [0.25, 0.3) is 77.2 Å². The van der Waals surface area contributed by atoms with Gasteiger partial charge in [0.2, 0.25) is 0 Å². The van der Waals surface area contributed by atoms with E-state index >= 15 is 0 Å². The van der Waals surface area contributed by atoms with Crippen molar-refractivity contribution in [1.29, 1.82) is 0 Å². The molecular formula is C59H43N. The highest BCUT2D eigenvalue weighted by Crippen LogP contribution is 2.52. The molecule has 1 nitrogen and oxygen atoms in total. The lowest BCUT2D eigenvalue weighted by Gasteiger charge is -2.30. The Kier molecular flexibility index (Phi) is 8.57. The van der Waals surface area contributed by atoms with E-state index in [1.54, 1.807) is 0 Å². The summed E-state index contributed by atoms with van der Waals surface area (Å²) < 4.78 is 0. The van der Waals surface area contributed by atoms with Crippen molar-refractivity contribution in [3.05, 3.63) is 236 Å². The zero-order valence-corrected chi connectivity index (χ0v) is 33.8. The number of hydrogen-bond donors (Lipinski definition) is 0. The molecule has 284 valence electrons. The summed E-state index contributed by atoms with van der Waals surface area (Å²) in [5.41, 5.74) is 18.4. The molecule has 1 heteroatoms. The van der Waals surface area contributed by atoms with Crippen molar-refractivity contribution in [1.82, 2.24) is 0 Å². The molecular weight excluding hydrogens is 723 g/mol. The molecule has 10 aromatic rings. The molecule has 0 unspecified atom stereocenters. The monoisotopic (exact) mass is 765 g/mol. The van der Waals surface area contributed by atoms with Crippen molar-refractivity contribution >= 4 is 38.6 Å². The largest absolute Gasteiger partial charge is 0.309 e. The summed E-state index contributed by atoms with van der Waals surface area (Å²) in [7, 11) is 0. The maximum Gasteiger partial charge on any atom is 0.0540 e. The molecule has 0 bridgehead atoms. The molecule has 0 aliphatic heterocycles. The lowest BCUT2D eigenvalue weighted by atomic mass is 9.82. The fraction of sp³-hybridized carbons (Fsp3) is 0.0508. The predicted molar refractivity (Wildman–Crippen MR) is 255 cm³/mol. The zero-order chi connectivity index (χ0) is 40.2. The molecule has 0 N–H and O–H groups in total. The van der Waals surface area contributed by atoms with Gasteiger partial charge in [0.15, 0.2) is 0 Å². The van der Waals surface area contributed by atoms with Crippen molar-refractivity contribution in [3.8, 4) is 55.6 Å². The van der Waals surface area contributed by atoms with Crippen LogP contribution in [-0.2, 0) is 5.41 Å². The van der Waals surface area contributed by atoms with Crippen LogP contribution in [0.5, 0.6) is 0 Å². The van der Waals surface area contributed by atoms with Gasteiger partial charge in [-0.2, -0.15) is 0 Å². The van der Waals surface area contributed by atoms with Gasteiger partial charge in [-0.1, -0.05) is 214 Å². The number of hydrogen-bond acceptors (Lipinski definition) is 1. The smallest absolute Gasteiger partial charge is 0.0540 e. The second-order valence-electron chi connectivity index (χ2n) is 16.4. The summed E-state index contributed by atoms with van der Waals surface area (Å²) in [5, 5.41) is 4.94. The van der Waals surface area contributed by atoms with Gasteiger partial charge >= 0.3 is 0 Å². The first-order valence-corrected chi connectivity index (χ1v) is 20.9. The minimum atomic E-state index is -0.0705. The molecule has 1 aliphatic rings. The predicted octanol–water partition coefficient (Wildman–Crippen LogP) is 16.4. The number of para-hydroxylation sites is 1.